The van der Waals surface area contributed by atoms with E-state index in [-0.39, 0.29) is 16.4 Å². The van der Waals surface area contributed by atoms with E-state index in [1.165, 1.54) is 51.7 Å². The topological polar surface area (TPSA) is 118 Å². The molecule has 0 bridgehead atoms. The van der Waals surface area contributed by atoms with E-state index in [2.05, 4.69) is 10.5 Å². The number of hydrazone groups is 1. The molecular formula is C18H21N3O6S. The van der Waals surface area contributed by atoms with E-state index < -0.39 is 22.5 Å². The predicted molar refractivity (Wildman–Crippen MR) is 103 cm³/mol. The molecule has 0 heterocycles. The molecule has 0 atom stereocenters. The summed E-state index contributed by atoms with van der Waals surface area (Å²) in [7, 11) is 0.185. The summed E-state index contributed by atoms with van der Waals surface area (Å²) < 4.78 is 36.4. The zero-order valence-corrected chi connectivity index (χ0v) is 16.4. The van der Waals surface area contributed by atoms with Crippen molar-refractivity contribution in [2.24, 2.45) is 5.10 Å². The van der Waals surface area contributed by atoms with E-state index in [1.807, 2.05) is 0 Å². The molecule has 0 saturated heterocycles. The lowest BCUT2D eigenvalue weighted by Gasteiger charge is -2.17. The third kappa shape index (κ3) is 4.99. The third-order valence-electron chi connectivity index (χ3n) is 3.76. The highest BCUT2D eigenvalue weighted by atomic mass is 32.2. The number of carbonyl (C=O) groups is 1. The van der Waals surface area contributed by atoms with Crippen molar-refractivity contribution in [1.82, 2.24) is 9.73 Å². The lowest BCUT2D eigenvalue weighted by molar-refractivity contribution is -0.121. The molecule has 9 nitrogen and oxygen atoms in total. The highest BCUT2D eigenvalue weighted by Gasteiger charge is 2.24. The fourth-order valence-electron chi connectivity index (χ4n) is 2.25. The highest BCUT2D eigenvalue weighted by molar-refractivity contribution is 7.89. The summed E-state index contributed by atoms with van der Waals surface area (Å²) in [6.07, 6.45) is 1.26. The van der Waals surface area contributed by atoms with Crippen molar-refractivity contribution in [3.05, 3.63) is 48.0 Å². The number of phenolic OH excluding ortho intramolecular Hbond substituents is 1. The van der Waals surface area contributed by atoms with Gasteiger partial charge in [-0.25, -0.2) is 13.8 Å². The van der Waals surface area contributed by atoms with Crippen molar-refractivity contribution in [2.45, 2.75) is 4.90 Å². The van der Waals surface area contributed by atoms with Crippen molar-refractivity contribution < 1.29 is 27.8 Å². The van der Waals surface area contributed by atoms with Gasteiger partial charge >= 0.3 is 0 Å². The fourth-order valence-corrected chi connectivity index (χ4v) is 3.39. The maximum Gasteiger partial charge on any atom is 0.255 e. The predicted octanol–water partition coefficient (Wildman–Crippen LogP) is 1.18. The molecule has 0 saturated carbocycles. The number of nitrogens with one attached hydrogen (secondary N) is 1. The van der Waals surface area contributed by atoms with E-state index in [1.54, 1.807) is 18.2 Å². The molecule has 28 heavy (non-hydrogen) atoms. The van der Waals surface area contributed by atoms with Gasteiger partial charge in [0, 0.05) is 18.7 Å². The molecule has 1 amide bonds. The van der Waals surface area contributed by atoms with Crippen LogP contribution in [0.4, 0.5) is 0 Å². The largest absolute Gasteiger partial charge is 0.507 e. The first kappa shape index (κ1) is 21.2. The van der Waals surface area contributed by atoms with Crippen LogP contribution in [0.15, 0.2) is 52.5 Å². The summed E-state index contributed by atoms with van der Waals surface area (Å²) in [5.74, 6) is 0.0147. The number of rotatable bonds is 8. The van der Waals surface area contributed by atoms with Crippen molar-refractivity contribution >= 4 is 22.1 Å². The number of ether oxygens (including phenoxy) is 2. The minimum atomic E-state index is -3.93. The molecule has 150 valence electrons. The Morgan fingerprint density at radius 1 is 1.18 bits per heavy atom. The Morgan fingerprint density at radius 3 is 2.50 bits per heavy atom. The Morgan fingerprint density at radius 2 is 1.86 bits per heavy atom. The number of methoxy groups -OCH3 is 2. The molecule has 2 aromatic carbocycles. The number of para-hydroxylation sites is 1. The molecule has 10 heteroatoms. The number of likely N-dealkylation sites (N-methyl/N-ethyl adjacent to an activating group) is 1. The van der Waals surface area contributed by atoms with Gasteiger partial charge in [0.25, 0.3) is 5.91 Å². The van der Waals surface area contributed by atoms with Gasteiger partial charge in [-0.2, -0.15) is 9.41 Å². The number of phenols is 1. The normalized spacial score (nSPS) is 11.6. The summed E-state index contributed by atoms with van der Waals surface area (Å²) in [5, 5.41) is 13.3. The minimum Gasteiger partial charge on any atom is -0.507 e. The van der Waals surface area contributed by atoms with Crippen LogP contribution >= 0.6 is 0 Å². The van der Waals surface area contributed by atoms with Crippen LogP contribution in [0.3, 0.4) is 0 Å². The zero-order chi connectivity index (χ0) is 20.7. The van der Waals surface area contributed by atoms with Crippen LogP contribution in [0.2, 0.25) is 0 Å². The van der Waals surface area contributed by atoms with Gasteiger partial charge < -0.3 is 14.6 Å². The minimum absolute atomic E-state index is 0.00801. The van der Waals surface area contributed by atoms with E-state index in [4.69, 9.17) is 9.47 Å². The average Bonchev–Trinajstić information content (AvgIpc) is 2.68. The number of sulfonamides is 1. The molecule has 0 aliphatic carbocycles. The molecule has 2 rings (SSSR count). The first-order valence-electron chi connectivity index (χ1n) is 8.08. The first-order valence-corrected chi connectivity index (χ1v) is 9.52. The smallest absolute Gasteiger partial charge is 0.255 e. The summed E-state index contributed by atoms with van der Waals surface area (Å²) in [6, 6.07) is 10.6. The number of nitrogens with zero attached hydrogens (tertiary/aromatic N) is 2. The monoisotopic (exact) mass is 407 g/mol. The van der Waals surface area contributed by atoms with Crippen LogP contribution in [-0.4, -0.2) is 57.8 Å². The zero-order valence-electron chi connectivity index (χ0n) is 15.6. The number of benzene rings is 2. The average molecular weight is 407 g/mol. The first-order chi connectivity index (χ1) is 13.3. The molecule has 0 radical (unpaired) electrons. The van der Waals surface area contributed by atoms with Crippen LogP contribution < -0.4 is 14.9 Å². The molecule has 0 aliphatic rings. The highest BCUT2D eigenvalue weighted by Crippen LogP contribution is 2.30. The van der Waals surface area contributed by atoms with Crippen molar-refractivity contribution in [2.75, 3.05) is 27.8 Å². The van der Waals surface area contributed by atoms with Crippen LogP contribution in [-0.2, 0) is 14.8 Å². The molecule has 0 spiro atoms. The standard InChI is InChI=1S/C18H21N3O6S/c1-21(12-18(23)20-19-11-13-6-4-5-7-15(13)22)28(24,25)14-8-9-16(26-2)17(10-14)27-3/h4-11,22H,12H2,1-3H3,(H,20,23)/b19-11-. The molecule has 2 N–H and O–H groups in total. The molecule has 0 unspecified atom stereocenters. The Hall–Kier alpha value is -3.11. The second-order valence-corrected chi connectivity index (χ2v) is 7.67. The summed E-state index contributed by atoms with van der Waals surface area (Å²) in [4.78, 5) is 11.9. The maximum absolute atomic E-state index is 12.7. The van der Waals surface area contributed by atoms with Crippen LogP contribution in [0.1, 0.15) is 5.56 Å². The molecule has 2 aromatic rings. The maximum atomic E-state index is 12.7. The van der Waals surface area contributed by atoms with Crippen molar-refractivity contribution in [3.8, 4) is 17.2 Å². The van der Waals surface area contributed by atoms with Crippen LogP contribution in [0, 0.1) is 0 Å². The van der Waals surface area contributed by atoms with Crippen LogP contribution in [0.5, 0.6) is 17.2 Å². The van der Waals surface area contributed by atoms with E-state index in [9.17, 15) is 18.3 Å². The number of amides is 1. The van der Waals surface area contributed by atoms with Gasteiger partial charge in [0.15, 0.2) is 11.5 Å². The van der Waals surface area contributed by atoms with E-state index >= 15 is 0 Å². The summed E-state index contributed by atoms with van der Waals surface area (Å²) in [6.45, 7) is -0.450. The van der Waals surface area contributed by atoms with E-state index in [0.717, 1.165) is 4.31 Å². The molecule has 0 aliphatic heterocycles. The Kier molecular flexibility index (Phi) is 6.96. The van der Waals surface area contributed by atoms with E-state index in [0.29, 0.717) is 11.3 Å². The number of hydrogen-bond acceptors (Lipinski definition) is 7. The Balaban J connectivity index is 2.05. The van der Waals surface area contributed by atoms with Gasteiger partial charge in [-0.15, -0.1) is 0 Å². The Labute approximate surface area is 163 Å². The van der Waals surface area contributed by atoms with Gasteiger partial charge in [-0.1, -0.05) is 12.1 Å². The number of carbonyl (C=O) groups excluding carboxylic acids is 1. The van der Waals surface area contributed by atoms with Gasteiger partial charge in [0.2, 0.25) is 10.0 Å². The van der Waals surface area contributed by atoms with Gasteiger partial charge in [0.05, 0.1) is 31.9 Å². The number of aromatic hydroxyl groups is 1. The van der Waals surface area contributed by atoms with Crippen molar-refractivity contribution in [1.29, 1.82) is 0 Å². The molecule has 0 aromatic heterocycles. The second-order valence-electron chi connectivity index (χ2n) is 5.63. The van der Waals surface area contributed by atoms with Crippen molar-refractivity contribution in [3.63, 3.8) is 0 Å². The Bertz CT molecular complexity index is 975. The lowest BCUT2D eigenvalue weighted by atomic mass is 10.2. The lowest BCUT2D eigenvalue weighted by Crippen LogP contribution is -2.36. The summed E-state index contributed by atoms with van der Waals surface area (Å²) >= 11 is 0. The second kappa shape index (κ2) is 9.20. The third-order valence-corrected chi connectivity index (χ3v) is 5.56. The summed E-state index contributed by atoms with van der Waals surface area (Å²) in [5.41, 5.74) is 2.63. The molecule has 0 fully saturated rings. The van der Waals surface area contributed by atoms with Gasteiger partial charge in [-0.3, -0.25) is 4.79 Å². The quantitative estimate of drug-likeness (QED) is 0.501. The number of hydrogen-bond donors (Lipinski definition) is 2. The van der Waals surface area contributed by atoms with Crippen LogP contribution in [0.25, 0.3) is 0 Å². The molecular weight excluding hydrogens is 386 g/mol. The fraction of sp³-hybridized carbons (Fsp3) is 0.222. The van der Waals surface area contributed by atoms with Gasteiger partial charge in [-0.05, 0) is 24.3 Å². The van der Waals surface area contributed by atoms with Gasteiger partial charge in [0.1, 0.15) is 5.75 Å². The SMILES string of the molecule is COc1ccc(S(=O)(=O)N(C)CC(=O)N/N=C\c2ccccc2O)cc1OC.